The molecule has 8 nitrogen and oxygen atoms in total. The molecule has 0 amide bonds. The lowest BCUT2D eigenvalue weighted by molar-refractivity contribution is 0.583. The van der Waals surface area contributed by atoms with Crippen LogP contribution in [0, 0.1) is 6.92 Å². The number of anilines is 2. The second-order valence-electron chi connectivity index (χ2n) is 5.90. The topological polar surface area (TPSA) is 109 Å². The van der Waals surface area contributed by atoms with Crippen LogP contribution < -0.4 is 15.4 Å². The second-order valence-corrected chi connectivity index (χ2v) is 7.64. The number of aromatic nitrogens is 3. The summed E-state index contributed by atoms with van der Waals surface area (Å²) in [5.74, 6) is 1.19. The monoisotopic (exact) mass is 386 g/mol. The molecule has 0 aliphatic rings. The zero-order chi connectivity index (χ0) is 19.3. The highest BCUT2D eigenvalue weighted by molar-refractivity contribution is 7.89. The van der Waals surface area contributed by atoms with E-state index in [0.29, 0.717) is 23.8 Å². The summed E-state index contributed by atoms with van der Waals surface area (Å²) < 4.78 is 27.9. The maximum atomic E-state index is 12.6. The Morgan fingerprint density at radius 2 is 1.85 bits per heavy atom. The lowest BCUT2D eigenvalue weighted by Crippen LogP contribution is -2.29. The average molecular weight is 386 g/mol. The van der Waals surface area contributed by atoms with E-state index in [2.05, 4.69) is 30.3 Å². The molecule has 0 bridgehead atoms. The predicted octanol–water partition coefficient (Wildman–Crippen LogP) is 2.16. The number of nitrogens with zero attached hydrogens (tertiary/aromatic N) is 3. The largest absolute Gasteiger partial charge is 0.369 e. The van der Waals surface area contributed by atoms with Gasteiger partial charge in [-0.2, -0.15) is 4.98 Å². The van der Waals surface area contributed by atoms with Gasteiger partial charge in [-0.25, -0.2) is 18.1 Å². The molecule has 27 heavy (non-hydrogen) atoms. The van der Waals surface area contributed by atoms with E-state index in [1.165, 1.54) is 0 Å². The third-order valence-corrected chi connectivity index (χ3v) is 5.29. The molecule has 0 atom stereocenters. The van der Waals surface area contributed by atoms with Gasteiger partial charge in [0.05, 0.1) is 5.52 Å². The normalized spacial score (nSPS) is 11.5. The minimum Gasteiger partial charge on any atom is -0.369 e. The summed E-state index contributed by atoms with van der Waals surface area (Å²) in [6, 6.07) is 10.5. The molecule has 2 aromatic heterocycles. The highest BCUT2D eigenvalue weighted by atomic mass is 32.2. The number of sulfonamides is 1. The van der Waals surface area contributed by atoms with Crippen molar-refractivity contribution in [3.05, 3.63) is 48.3 Å². The van der Waals surface area contributed by atoms with E-state index in [4.69, 9.17) is 0 Å². The standard InChI is InChI=1S/C18H22N6O2S/c1-3-19-18-23-13(2)12-16(24-18)20-10-11-22-27(25,26)15-8-4-6-14-7-5-9-21-17(14)15/h4-9,12,22H,3,10-11H2,1-2H3,(H2,19,20,23,24). The number of nitrogens with one attached hydrogen (secondary N) is 3. The van der Waals surface area contributed by atoms with E-state index < -0.39 is 10.0 Å². The maximum absolute atomic E-state index is 12.6. The Morgan fingerprint density at radius 3 is 2.67 bits per heavy atom. The predicted molar refractivity (Wildman–Crippen MR) is 106 cm³/mol. The minimum absolute atomic E-state index is 0.174. The Bertz CT molecular complexity index is 1030. The second kappa shape index (κ2) is 8.28. The van der Waals surface area contributed by atoms with E-state index in [9.17, 15) is 8.42 Å². The molecular weight excluding hydrogens is 364 g/mol. The Balaban J connectivity index is 1.65. The lowest BCUT2D eigenvalue weighted by Gasteiger charge is -2.11. The summed E-state index contributed by atoms with van der Waals surface area (Å²) in [5, 5.41) is 6.96. The third-order valence-electron chi connectivity index (χ3n) is 3.80. The number of para-hydroxylation sites is 1. The fourth-order valence-electron chi connectivity index (χ4n) is 2.64. The molecular formula is C18H22N6O2S. The lowest BCUT2D eigenvalue weighted by atomic mass is 10.2. The summed E-state index contributed by atoms with van der Waals surface area (Å²) in [4.78, 5) is 13.0. The van der Waals surface area contributed by atoms with Crippen LogP contribution in [0.2, 0.25) is 0 Å². The van der Waals surface area contributed by atoms with E-state index in [0.717, 1.165) is 17.6 Å². The zero-order valence-corrected chi connectivity index (χ0v) is 16.0. The van der Waals surface area contributed by atoms with E-state index in [-0.39, 0.29) is 11.4 Å². The van der Waals surface area contributed by atoms with Gasteiger partial charge in [0.25, 0.3) is 0 Å². The first-order chi connectivity index (χ1) is 13.0. The van der Waals surface area contributed by atoms with Crippen molar-refractivity contribution in [2.24, 2.45) is 0 Å². The number of pyridine rings is 1. The average Bonchev–Trinajstić information content (AvgIpc) is 2.65. The van der Waals surface area contributed by atoms with Crippen molar-refractivity contribution in [1.82, 2.24) is 19.7 Å². The van der Waals surface area contributed by atoms with Gasteiger partial charge < -0.3 is 10.6 Å². The highest BCUT2D eigenvalue weighted by Crippen LogP contribution is 2.20. The third kappa shape index (κ3) is 4.69. The fraction of sp³-hybridized carbons (Fsp3) is 0.278. The van der Waals surface area contributed by atoms with Crippen molar-refractivity contribution in [2.45, 2.75) is 18.7 Å². The van der Waals surface area contributed by atoms with Crippen molar-refractivity contribution in [2.75, 3.05) is 30.3 Å². The number of benzene rings is 1. The van der Waals surface area contributed by atoms with Crippen LogP contribution in [0.5, 0.6) is 0 Å². The molecule has 0 radical (unpaired) electrons. The first kappa shape index (κ1) is 19.0. The molecule has 9 heteroatoms. The molecule has 0 unspecified atom stereocenters. The Hall–Kier alpha value is -2.78. The van der Waals surface area contributed by atoms with Crippen molar-refractivity contribution in [3.8, 4) is 0 Å². The van der Waals surface area contributed by atoms with Crippen LogP contribution in [0.25, 0.3) is 10.9 Å². The molecule has 142 valence electrons. The van der Waals surface area contributed by atoms with Gasteiger partial charge in [-0.3, -0.25) is 4.98 Å². The number of rotatable bonds is 8. The quantitative estimate of drug-likeness (QED) is 0.509. The van der Waals surface area contributed by atoms with Crippen LogP contribution in [0.4, 0.5) is 11.8 Å². The summed E-state index contributed by atoms with van der Waals surface area (Å²) in [6.45, 7) is 5.17. The van der Waals surface area contributed by atoms with Gasteiger partial charge in [-0.1, -0.05) is 18.2 Å². The summed E-state index contributed by atoms with van der Waals surface area (Å²) in [6.07, 6.45) is 1.59. The molecule has 3 rings (SSSR count). The SMILES string of the molecule is CCNc1nc(C)cc(NCCNS(=O)(=O)c2cccc3cccnc23)n1. The van der Waals surface area contributed by atoms with Gasteiger partial charge in [-0.15, -0.1) is 0 Å². The smallest absolute Gasteiger partial charge is 0.242 e. The van der Waals surface area contributed by atoms with Crippen molar-refractivity contribution >= 4 is 32.7 Å². The molecule has 3 N–H and O–H groups in total. The minimum atomic E-state index is -3.66. The van der Waals surface area contributed by atoms with Crippen molar-refractivity contribution < 1.29 is 8.42 Å². The van der Waals surface area contributed by atoms with Crippen molar-refractivity contribution in [1.29, 1.82) is 0 Å². The molecule has 0 fully saturated rings. The van der Waals surface area contributed by atoms with Gasteiger partial charge in [0, 0.05) is 43.0 Å². The first-order valence-electron chi connectivity index (χ1n) is 8.66. The molecule has 1 aromatic carbocycles. The maximum Gasteiger partial charge on any atom is 0.242 e. The van der Waals surface area contributed by atoms with Gasteiger partial charge >= 0.3 is 0 Å². The van der Waals surface area contributed by atoms with Crippen LogP contribution in [-0.2, 0) is 10.0 Å². The van der Waals surface area contributed by atoms with Crippen LogP contribution in [0.15, 0.2) is 47.5 Å². The van der Waals surface area contributed by atoms with Gasteiger partial charge in [0.15, 0.2) is 0 Å². The Labute approximate surface area is 158 Å². The molecule has 0 aliphatic carbocycles. The Morgan fingerprint density at radius 1 is 1.04 bits per heavy atom. The van der Waals surface area contributed by atoms with Gasteiger partial charge in [0.1, 0.15) is 10.7 Å². The van der Waals surface area contributed by atoms with Crippen molar-refractivity contribution in [3.63, 3.8) is 0 Å². The summed E-state index contributed by atoms with van der Waals surface area (Å²) >= 11 is 0. The van der Waals surface area contributed by atoms with Gasteiger partial charge in [0.2, 0.25) is 16.0 Å². The zero-order valence-electron chi connectivity index (χ0n) is 15.2. The first-order valence-corrected chi connectivity index (χ1v) is 10.1. The highest BCUT2D eigenvalue weighted by Gasteiger charge is 2.17. The molecule has 0 saturated heterocycles. The van der Waals surface area contributed by atoms with Crippen LogP contribution >= 0.6 is 0 Å². The molecule has 3 aromatic rings. The van der Waals surface area contributed by atoms with Crippen LogP contribution in [-0.4, -0.2) is 43.0 Å². The molecule has 0 saturated carbocycles. The van der Waals surface area contributed by atoms with Crippen LogP contribution in [0.1, 0.15) is 12.6 Å². The number of hydrogen-bond acceptors (Lipinski definition) is 7. The number of fused-ring (bicyclic) bond motifs is 1. The Kier molecular flexibility index (Phi) is 5.82. The molecule has 2 heterocycles. The number of aryl methyl sites for hydroxylation is 1. The van der Waals surface area contributed by atoms with E-state index in [1.807, 2.05) is 32.0 Å². The fourth-order valence-corrected chi connectivity index (χ4v) is 3.85. The summed E-state index contributed by atoms with van der Waals surface area (Å²) in [5.41, 5.74) is 1.29. The number of hydrogen-bond donors (Lipinski definition) is 3. The summed E-state index contributed by atoms with van der Waals surface area (Å²) in [7, 11) is -3.66. The molecule has 0 spiro atoms. The van der Waals surface area contributed by atoms with E-state index >= 15 is 0 Å². The molecule has 0 aliphatic heterocycles. The van der Waals surface area contributed by atoms with Crippen LogP contribution in [0.3, 0.4) is 0 Å². The van der Waals surface area contributed by atoms with E-state index in [1.54, 1.807) is 24.4 Å². The van der Waals surface area contributed by atoms with Gasteiger partial charge in [-0.05, 0) is 26.0 Å².